The lowest BCUT2D eigenvalue weighted by molar-refractivity contribution is -0.136. The maximum Gasteiger partial charge on any atom is 0.303 e. The third kappa shape index (κ3) is 4.54. The average Bonchev–Trinajstić information content (AvgIpc) is 3.11. The van der Waals surface area contributed by atoms with Gasteiger partial charge in [0.2, 0.25) is 0 Å². The molecule has 152 valence electrons. The van der Waals surface area contributed by atoms with Crippen molar-refractivity contribution in [3.63, 3.8) is 0 Å². The summed E-state index contributed by atoms with van der Waals surface area (Å²) >= 11 is 0. The highest BCUT2D eigenvalue weighted by Crippen LogP contribution is 2.28. The van der Waals surface area contributed by atoms with Gasteiger partial charge in [-0.05, 0) is 78.8 Å². The van der Waals surface area contributed by atoms with Gasteiger partial charge in [-0.1, -0.05) is 36.4 Å². The van der Waals surface area contributed by atoms with Crippen LogP contribution >= 0.6 is 0 Å². The molecule has 1 aromatic heterocycles. The zero-order valence-electron chi connectivity index (χ0n) is 16.8. The van der Waals surface area contributed by atoms with Crippen LogP contribution in [0.15, 0.2) is 79.0 Å². The molecule has 4 heteroatoms. The van der Waals surface area contributed by atoms with E-state index in [1.807, 2.05) is 24.3 Å². The Kier molecular flexibility index (Phi) is 5.84. The van der Waals surface area contributed by atoms with Gasteiger partial charge in [-0.15, -0.1) is 0 Å². The third-order valence-electron chi connectivity index (χ3n) is 5.46. The fourth-order valence-corrected chi connectivity index (χ4v) is 3.91. The minimum absolute atomic E-state index is 0.132. The number of rotatable bonds is 8. The third-order valence-corrected chi connectivity index (χ3v) is 5.46. The SMILES string of the molecule is O=C(O)CCc1ccc2c(c1)c(CCCc1ccccc1)cn2-c1ccc(O)cc1. The van der Waals surface area contributed by atoms with Gasteiger partial charge in [-0.2, -0.15) is 0 Å². The summed E-state index contributed by atoms with van der Waals surface area (Å²) < 4.78 is 2.15. The smallest absolute Gasteiger partial charge is 0.303 e. The number of fused-ring (bicyclic) bond motifs is 1. The van der Waals surface area contributed by atoms with E-state index in [1.165, 1.54) is 16.5 Å². The topological polar surface area (TPSA) is 62.5 Å². The molecule has 0 aliphatic rings. The second kappa shape index (κ2) is 8.87. The van der Waals surface area contributed by atoms with E-state index in [0.29, 0.717) is 6.42 Å². The van der Waals surface area contributed by atoms with Crippen LogP contribution in [-0.4, -0.2) is 20.7 Å². The number of aromatic hydroxyl groups is 1. The number of aliphatic carboxylic acids is 1. The zero-order valence-corrected chi connectivity index (χ0v) is 16.8. The van der Waals surface area contributed by atoms with Crippen LogP contribution in [0.2, 0.25) is 0 Å². The molecule has 30 heavy (non-hydrogen) atoms. The molecule has 1 heterocycles. The van der Waals surface area contributed by atoms with Crippen molar-refractivity contribution in [1.82, 2.24) is 4.57 Å². The van der Waals surface area contributed by atoms with E-state index in [9.17, 15) is 9.90 Å². The van der Waals surface area contributed by atoms with Gasteiger partial charge in [-0.3, -0.25) is 4.79 Å². The van der Waals surface area contributed by atoms with Crippen LogP contribution in [0.3, 0.4) is 0 Å². The van der Waals surface area contributed by atoms with E-state index in [1.54, 1.807) is 12.1 Å². The quantitative estimate of drug-likeness (QED) is 0.410. The Morgan fingerprint density at radius 3 is 2.33 bits per heavy atom. The number of benzene rings is 3. The Morgan fingerprint density at radius 2 is 1.60 bits per heavy atom. The van der Waals surface area contributed by atoms with E-state index in [-0.39, 0.29) is 12.2 Å². The molecule has 4 aromatic rings. The lowest BCUT2D eigenvalue weighted by Crippen LogP contribution is -1.97. The monoisotopic (exact) mass is 399 g/mol. The van der Waals surface area contributed by atoms with Crippen LogP contribution in [0.25, 0.3) is 16.6 Å². The van der Waals surface area contributed by atoms with Crippen molar-refractivity contribution < 1.29 is 15.0 Å². The number of carboxylic acid groups (broad SMARTS) is 1. The Morgan fingerprint density at radius 1 is 0.833 bits per heavy atom. The van der Waals surface area contributed by atoms with Crippen molar-refractivity contribution in [2.45, 2.75) is 32.1 Å². The highest BCUT2D eigenvalue weighted by molar-refractivity contribution is 5.86. The summed E-state index contributed by atoms with van der Waals surface area (Å²) in [6.45, 7) is 0. The molecule has 4 rings (SSSR count). The van der Waals surface area contributed by atoms with Gasteiger partial charge in [0, 0.05) is 23.7 Å². The van der Waals surface area contributed by atoms with E-state index in [4.69, 9.17) is 5.11 Å². The molecule has 0 amide bonds. The average molecular weight is 399 g/mol. The molecule has 0 spiro atoms. The van der Waals surface area contributed by atoms with Crippen LogP contribution in [0, 0.1) is 0 Å². The Hall–Kier alpha value is -3.53. The Balaban J connectivity index is 1.65. The fourth-order valence-electron chi connectivity index (χ4n) is 3.91. The van der Waals surface area contributed by atoms with Crippen molar-refractivity contribution in [3.05, 3.63) is 95.7 Å². The molecule has 0 saturated carbocycles. The molecule has 3 aromatic carbocycles. The summed E-state index contributed by atoms with van der Waals surface area (Å²) in [6.07, 6.45) is 5.83. The Labute approximate surface area is 176 Å². The largest absolute Gasteiger partial charge is 0.508 e. The molecule has 2 N–H and O–H groups in total. The lowest BCUT2D eigenvalue weighted by atomic mass is 10.0. The number of phenols is 1. The minimum atomic E-state index is -0.778. The molecule has 0 unspecified atom stereocenters. The molecule has 0 bridgehead atoms. The van der Waals surface area contributed by atoms with Crippen LogP contribution < -0.4 is 0 Å². The molecule has 0 fully saturated rings. The maximum absolute atomic E-state index is 11.0. The first-order valence-corrected chi connectivity index (χ1v) is 10.3. The second-order valence-corrected chi connectivity index (χ2v) is 7.63. The van der Waals surface area contributed by atoms with Crippen molar-refractivity contribution in [2.24, 2.45) is 0 Å². The first-order chi connectivity index (χ1) is 14.6. The van der Waals surface area contributed by atoms with E-state index in [2.05, 4.69) is 47.2 Å². The number of hydrogen-bond donors (Lipinski definition) is 2. The number of aryl methyl sites for hydroxylation is 3. The van der Waals surface area contributed by atoms with Gasteiger partial charge >= 0.3 is 5.97 Å². The first kappa shape index (κ1) is 19.8. The van der Waals surface area contributed by atoms with Gasteiger partial charge in [-0.25, -0.2) is 0 Å². The van der Waals surface area contributed by atoms with Crippen LogP contribution in [0.4, 0.5) is 0 Å². The van der Waals surface area contributed by atoms with Gasteiger partial charge < -0.3 is 14.8 Å². The Bertz CT molecular complexity index is 1140. The van der Waals surface area contributed by atoms with Crippen molar-refractivity contribution in [3.8, 4) is 11.4 Å². The summed E-state index contributed by atoms with van der Waals surface area (Å²) in [5.74, 6) is -0.533. The number of carboxylic acids is 1. The predicted molar refractivity (Wildman–Crippen MR) is 119 cm³/mol. The summed E-state index contributed by atoms with van der Waals surface area (Å²) in [5.41, 5.74) is 5.71. The molecule has 4 nitrogen and oxygen atoms in total. The molecule has 0 saturated heterocycles. The standard InChI is InChI=1S/C26H25NO3/c28-23-13-11-22(12-14-23)27-18-21(8-4-7-19-5-2-1-3-6-19)24-17-20(9-15-25(24)27)10-16-26(29)30/h1-3,5-6,9,11-15,17-18,28H,4,7-8,10,16H2,(H,29,30). The van der Waals surface area contributed by atoms with E-state index in [0.717, 1.165) is 36.0 Å². The number of carbonyl (C=O) groups is 1. The molecular weight excluding hydrogens is 374 g/mol. The number of hydrogen-bond acceptors (Lipinski definition) is 2. The minimum Gasteiger partial charge on any atom is -0.508 e. The van der Waals surface area contributed by atoms with Gasteiger partial charge in [0.15, 0.2) is 0 Å². The van der Waals surface area contributed by atoms with E-state index >= 15 is 0 Å². The molecule has 0 atom stereocenters. The zero-order chi connectivity index (χ0) is 20.9. The first-order valence-electron chi connectivity index (χ1n) is 10.3. The molecular formula is C26H25NO3. The number of nitrogens with zero attached hydrogens (tertiary/aromatic N) is 1. The molecule has 0 aliphatic heterocycles. The summed E-state index contributed by atoms with van der Waals surface area (Å²) in [7, 11) is 0. The fraction of sp³-hybridized carbons (Fsp3) is 0.192. The van der Waals surface area contributed by atoms with Crippen LogP contribution in [0.1, 0.15) is 29.5 Å². The summed E-state index contributed by atoms with van der Waals surface area (Å²) in [4.78, 5) is 11.0. The predicted octanol–water partition coefficient (Wildman–Crippen LogP) is 5.53. The van der Waals surface area contributed by atoms with Gasteiger partial charge in [0.05, 0.1) is 5.52 Å². The van der Waals surface area contributed by atoms with Gasteiger partial charge in [0.1, 0.15) is 5.75 Å². The van der Waals surface area contributed by atoms with Crippen LogP contribution in [-0.2, 0) is 24.1 Å². The van der Waals surface area contributed by atoms with E-state index < -0.39 is 5.97 Å². The maximum atomic E-state index is 11.0. The highest BCUT2D eigenvalue weighted by atomic mass is 16.4. The van der Waals surface area contributed by atoms with Crippen LogP contribution in [0.5, 0.6) is 5.75 Å². The van der Waals surface area contributed by atoms with Crippen molar-refractivity contribution in [2.75, 3.05) is 0 Å². The molecule has 0 radical (unpaired) electrons. The normalized spacial score (nSPS) is 11.1. The summed E-state index contributed by atoms with van der Waals surface area (Å²) in [5, 5.41) is 19.8. The summed E-state index contributed by atoms with van der Waals surface area (Å²) in [6, 6.07) is 23.9. The second-order valence-electron chi connectivity index (χ2n) is 7.63. The van der Waals surface area contributed by atoms with Crippen molar-refractivity contribution >= 4 is 16.9 Å². The number of phenolic OH excluding ortho intramolecular Hbond substituents is 1. The molecule has 0 aliphatic carbocycles. The number of aromatic nitrogens is 1. The highest BCUT2D eigenvalue weighted by Gasteiger charge is 2.12. The van der Waals surface area contributed by atoms with Crippen molar-refractivity contribution in [1.29, 1.82) is 0 Å². The lowest BCUT2D eigenvalue weighted by Gasteiger charge is -2.06. The van der Waals surface area contributed by atoms with Gasteiger partial charge in [0.25, 0.3) is 0 Å².